The average Bonchev–Trinajstić information content (AvgIpc) is 2.89. The number of sulfonamides is 1. The van der Waals surface area contributed by atoms with Gasteiger partial charge in [0.25, 0.3) is 0 Å². The normalized spacial score (nSPS) is 12.2. The van der Waals surface area contributed by atoms with E-state index < -0.39 is 10.0 Å². The van der Waals surface area contributed by atoms with Crippen LogP contribution >= 0.6 is 11.3 Å². The molecule has 0 saturated heterocycles. The molecule has 0 spiro atoms. The molecular formula is C11H15N3O2S2. The molecule has 2 aromatic rings. The molecule has 0 aromatic carbocycles. The number of rotatable bonds is 4. The quantitative estimate of drug-likeness (QED) is 0.857. The van der Waals surface area contributed by atoms with Gasteiger partial charge in [-0.15, -0.1) is 11.3 Å². The second-order valence-corrected chi connectivity index (χ2v) is 7.18. The van der Waals surface area contributed by atoms with Crippen LogP contribution in [0, 0.1) is 6.92 Å². The molecule has 0 amide bonds. The van der Waals surface area contributed by atoms with Crippen LogP contribution in [0.2, 0.25) is 0 Å². The molecule has 0 fully saturated rings. The van der Waals surface area contributed by atoms with Gasteiger partial charge in [0.1, 0.15) is 4.90 Å². The maximum atomic E-state index is 12.3. The van der Waals surface area contributed by atoms with Crippen molar-refractivity contribution >= 4 is 21.4 Å². The van der Waals surface area contributed by atoms with Crippen molar-refractivity contribution in [2.75, 3.05) is 7.05 Å². The smallest absolute Gasteiger partial charge is 0.246 e. The van der Waals surface area contributed by atoms with Crippen LogP contribution in [0.1, 0.15) is 10.4 Å². The van der Waals surface area contributed by atoms with Crippen molar-refractivity contribution in [1.82, 2.24) is 14.1 Å². The number of aryl methyl sites for hydroxylation is 2. The number of hydrogen-bond donors (Lipinski definition) is 0. The second-order valence-electron chi connectivity index (χ2n) is 4.14. The number of hydrogen-bond acceptors (Lipinski definition) is 4. The maximum absolute atomic E-state index is 12.3. The molecule has 0 N–H and O–H groups in total. The van der Waals surface area contributed by atoms with E-state index in [9.17, 15) is 8.42 Å². The molecule has 2 heterocycles. The minimum atomic E-state index is -3.45. The van der Waals surface area contributed by atoms with E-state index in [1.807, 2.05) is 18.4 Å². The highest BCUT2D eigenvalue weighted by molar-refractivity contribution is 7.89. The Hall–Kier alpha value is -1.18. The molecule has 0 radical (unpaired) electrons. The van der Waals surface area contributed by atoms with Gasteiger partial charge in [0.2, 0.25) is 10.0 Å². The van der Waals surface area contributed by atoms with Crippen LogP contribution in [0.4, 0.5) is 0 Å². The Bertz CT molecular complexity index is 643. The SMILES string of the molecule is Cc1ccsc1CN(C)S(=O)(=O)c1cnn(C)c1. The third kappa shape index (κ3) is 2.47. The zero-order chi connectivity index (χ0) is 13.3. The molecule has 5 nitrogen and oxygen atoms in total. The van der Waals surface area contributed by atoms with Crippen LogP contribution in [0.15, 0.2) is 28.7 Å². The van der Waals surface area contributed by atoms with Gasteiger partial charge >= 0.3 is 0 Å². The predicted octanol–water partition coefficient (Wildman–Crippen LogP) is 1.61. The van der Waals surface area contributed by atoms with Gasteiger partial charge in [-0.3, -0.25) is 4.68 Å². The summed E-state index contributed by atoms with van der Waals surface area (Å²) in [4.78, 5) is 1.28. The van der Waals surface area contributed by atoms with Gasteiger partial charge in [-0.2, -0.15) is 9.40 Å². The summed E-state index contributed by atoms with van der Waals surface area (Å²) in [6.45, 7) is 2.37. The van der Waals surface area contributed by atoms with Crippen LogP contribution < -0.4 is 0 Å². The van der Waals surface area contributed by atoms with Gasteiger partial charge in [0.05, 0.1) is 6.20 Å². The largest absolute Gasteiger partial charge is 0.274 e. The molecular weight excluding hydrogens is 270 g/mol. The molecule has 98 valence electrons. The lowest BCUT2D eigenvalue weighted by Crippen LogP contribution is -2.26. The Labute approximate surface area is 111 Å². The summed E-state index contributed by atoms with van der Waals surface area (Å²) in [5.41, 5.74) is 1.12. The maximum Gasteiger partial charge on any atom is 0.246 e. The van der Waals surface area contributed by atoms with Gasteiger partial charge in [0.15, 0.2) is 0 Å². The fraction of sp³-hybridized carbons (Fsp3) is 0.364. The van der Waals surface area contributed by atoms with Crippen molar-refractivity contribution in [1.29, 1.82) is 0 Å². The van der Waals surface area contributed by atoms with E-state index in [1.165, 1.54) is 21.4 Å². The molecule has 7 heteroatoms. The molecule has 0 aliphatic heterocycles. The molecule has 18 heavy (non-hydrogen) atoms. The summed E-state index contributed by atoms with van der Waals surface area (Å²) in [6.07, 6.45) is 2.88. The Morgan fingerprint density at radius 3 is 2.72 bits per heavy atom. The third-order valence-corrected chi connectivity index (χ3v) is 5.49. The van der Waals surface area contributed by atoms with Gasteiger partial charge in [-0.25, -0.2) is 8.42 Å². The van der Waals surface area contributed by atoms with Gasteiger partial charge in [-0.1, -0.05) is 0 Å². The van der Waals surface area contributed by atoms with Gasteiger partial charge in [-0.05, 0) is 23.9 Å². The Balaban J connectivity index is 2.23. The Morgan fingerprint density at radius 2 is 2.22 bits per heavy atom. The highest BCUT2D eigenvalue weighted by Crippen LogP contribution is 2.21. The van der Waals surface area contributed by atoms with Crippen molar-refractivity contribution in [3.63, 3.8) is 0 Å². The van der Waals surface area contributed by atoms with Crippen LogP contribution in [-0.2, 0) is 23.6 Å². The standard InChI is InChI=1S/C11H15N3O2S2/c1-9-4-5-17-11(9)8-14(3)18(15,16)10-6-12-13(2)7-10/h4-7H,8H2,1-3H3. The zero-order valence-electron chi connectivity index (χ0n) is 10.5. The Morgan fingerprint density at radius 1 is 1.50 bits per heavy atom. The van der Waals surface area contributed by atoms with Crippen molar-refractivity contribution in [3.8, 4) is 0 Å². The van der Waals surface area contributed by atoms with E-state index in [0.29, 0.717) is 6.54 Å². The third-order valence-electron chi connectivity index (χ3n) is 2.72. The van der Waals surface area contributed by atoms with E-state index in [2.05, 4.69) is 5.10 Å². The first kappa shape index (κ1) is 13.3. The molecule has 2 rings (SSSR count). The lowest BCUT2D eigenvalue weighted by molar-refractivity contribution is 0.469. The fourth-order valence-electron chi connectivity index (χ4n) is 1.57. The molecule has 2 aromatic heterocycles. The predicted molar refractivity (Wildman–Crippen MR) is 70.9 cm³/mol. The van der Waals surface area contributed by atoms with Gasteiger partial charge in [0, 0.05) is 31.7 Å². The first-order chi connectivity index (χ1) is 8.41. The average molecular weight is 285 g/mol. The van der Waals surface area contributed by atoms with Crippen molar-refractivity contribution in [2.24, 2.45) is 7.05 Å². The van der Waals surface area contributed by atoms with E-state index >= 15 is 0 Å². The lowest BCUT2D eigenvalue weighted by Gasteiger charge is -2.15. The summed E-state index contributed by atoms with van der Waals surface area (Å²) < 4.78 is 27.4. The molecule has 0 saturated carbocycles. The summed E-state index contributed by atoms with van der Waals surface area (Å²) in [6, 6.07) is 1.99. The number of thiophene rings is 1. The van der Waals surface area contributed by atoms with Crippen molar-refractivity contribution in [2.45, 2.75) is 18.4 Å². The molecule has 0 aliphatic rings. The monoisotopic (exact) mass is 285 g/mol. The summed E-state index contributed by atoms with van der Waals surface area (Å²) >= 11 is 1.57. The van der Waals surface area contributed by atoms with Crippen LogP contribution in [0.3, 0.4) is 0 Å². The van der Waals surface area contributed by atoms with Crippen molar-refractivity contribution in [3.05, 3.63) is 34.3 Å². The second kappa shape index (κ2) is 4.83. The lowest BCUT2D eigenvalue weighted by atomic mass is 10.3. The van der Waals surface area contributed by atoms with E-state index in [0.717, 1.165) is 10.4 Å². The van der Waals surface area contributed by atoms with Crippen LogP contribution in [-0.4, -0.2) is 29.6 Å². The first-order valence-electron chi connectivity index (χ1n) is 5.39. The highest BCUT2D eigenvalue weighted by atomic mass is 32.2. The van der Waals surface area contributed by atoms with Crippen LogP contribution in [0.25, 0.3) is 0 Å². The van der Waals surface area contributed by atoms with E-state index in [4.69, 9.17) is 0 Å². The molecule has 0 aliphatic carbocycles. The minimum Gasteiger partial charge on any atom is -0.274 e. The van der Waals surface area contributed by atoms with E-state index in [-0.39, 0.29) is 4.90 Å². The van der Waals surface area contributed by atoms with Gasteiger partial charge < -0.3 is 0 Å². The fourth-order valence-corrected chi connectivity index (χ4v) is 3.73. The number of nitrogens with zero attached hydrogens (tertiary/aromatic N) is 3. The first-order valence-corrected chi connectivity index (χ1v) is 7.71. The van der Waals surface area contributed by atoms with Crippen molar-refractivity contribution < 1.29 is 8.42 Å². The Kier molecular flexibility index (Phi) is 3.56. The molecule has 0 atom stereocenters. The molecule has 0 unspecified atom stereocenters. The highest BCUT2D eigenvalue weighted by Gasteiger charge is 2.23. The molecule has 0 bridgehead atoms. The van der Waals surface area contributed by atoms with Crippen LogP contribution in [0.5, 0.6) is 0 Å². The summed E-state index contributed by atoms with van der Waals surface area (Å²) in [5, 5.41) is 5.86. The minimum absolute atomic E-state index is 0.224. The summed E-state index contributed by atoms with van der Waals surface area (Å²) in [5.74, 6) is 0. The topological polar surface area (TPSA) is 55.2 Å². The zero-order valence-corrected chi connectivity index (χ0v) is 12.1. The van der Waals surface area contributed by atoms with E-state index in [1.54, 1.807) is 25.4 Å². The summed E-state index contributed by atoms with van der Waals surface area (Å²) in [7, 11) is -0.173. The number of aromatic nitrogens is 2.